The third-order valence-electron chi connectivity index (χ3n) is 3.54. The predicted octanol–water partition coefficient (Wildman–Crippen LogP) is 4.65. The SMILES string of the molecule is Cc1cccc(N(C)c2ccc(CNC(C)(C)C)cc2)c1. The molecule has 0 spiro atoms. The van der Waals surface area contributed by atoms with Gasteiger partial charge in [-0.15, -0.1) is 0 Å². The Morgan fingerprint density at radius 1 is 0.952 bits per heavy atom. The molecule has 1 N–H and O–H groups in total. The Labute approximate surface area is 128 Å². The number of nitrogens with one attached hydrogen (secondary N) is 1. The summed E-state index contributed by atoms with van der Waals surface area (Å²) in [5.41, 5.74) is 5.17. The lowest BCUT2D eigenvalue weighted by molar-refractivity contribution is 0.424. The lowest BCUT2D eigenvalue weighted by atomic mass is 10.1. The molecule has 0 heterocycles. The van der Waals surface area contributed by atoms with E-state index in [2.05, 4.69) is 93.5 Å². The van der Waals surface area contributed by atoms with E-state index in [1.165, 1.54) is 22.5 Å². The molecule has 2 heteroatoms. The summed E-state index contributed by atoms with van der Waals surface area (Å²) < 4.78 is 0. The monoisotopic (exact) mass is 282 g/mol. The summed E-state index contributed by atoms with van der Waals surface area (Å²) >= 11 is 0. The second kappa shape index (κ2) is 6.31. The van der Waals surface area contributed by atoms with Crippen molar-refractivity contribution in [3.05, 3.63) is 59.7 Å². The van der Waals surface area contributed by atoms with Gasteiger partial charge in [-0.25, -0.2) is 0 Å². The summed E-state index contributed by atoms with van der Waals surface area (Å²) in [6, 6.07) is 17.3. The number of rotatable bonds is 4. The topological polar surface area (TPSA) is 15.3 Å². The maximum absolute atomic E-state index is 3.51. The number of benzene rings is 2. The van der Waals surface area contributed by atoms with Gasteiger partial charge in [0.2, 0.25) is 0 Å². The van der Waals surface area contributed by atoms with Crippen LogP contribution in [0.1, 0.15) is 31.9 Å². The van der Waals surface area contributed by atoms with Gasteiger partial charge in [0.15, 0.2) is 0 Å². The average molecular weight is 282 g/mol. The van der Waals surface area contributed by atoms with Crippen molar-refractivity contribution in [1.29, 1.82) is 0 Å². The maximum Gasteiger partial charge on any atom is 0.0410 e. The minimum atomic E-state index is 0.150. The molecule has 0 atom stereocenters. The van der Waals surface area contributed by atoms with Gasteiger partial charge in [0.1, 0.15) is 0 Å². The third kappa shape index (κ3) is 4.61. The van der Waals surface area contributed by atoms with Crippen molar-refractivity contribution in [1.82, 2.24) is 5.32 Å². The van der Waals surface area contributed by atoms with Crippen molar-refractivity contribution >= 4 is 11.4 Å². The third-order valence-corrected chi connectivity index (χ3v) is 3.54. The second-order valence-electron chi connectivity index (χ2n) is 6.67. The van der Waals surface area contributed by atoms with Gasteiger partial charge in [0, 0.05) is 30.5 Å². The Kier molecular flexibility index (Phi) is 4.69. The summed E-state index contributed by atoms with van der Waals surface area (Å²) in [5.74, 6) is 0. The Morgan fingerprint density at radius 3 is 2.19 bits per heavy atom. The minimum absolute atomic E-state index is 0.150. The molecule has 0 unspecified atom stereocenters. The molecular formula is C19H26N2. The van der Waals surface area contributed by atoms with Crippen LogP contribution in [0.15, 0.2) is 48.5 Å². The van der Waals surface area contributed by atoms with Gasteiger partial charge in [0.25, 0.3) is 0 Å². The largest absolute Gasteiger partial charge is 0.345 e. The molecular weight excluding hydrogens is 256 g/mol. The molecule has 0 aliphatic heterocycles. The van der Waals surface area contributed by atoms with Gasteiger partial charge in [-0.3, -0.25) is 0 Å². The molecule has 2 aromatic rings. The van der Waals surface area contributed by atoms with Crippen LogP contribution in [0.4, 0.5) is 11.4 Å². The first kappa shape index (κ1) is 15.6. The number of hydrogen-bond acceptors (Lipinski definition) is 2. The van der Waals surface area contributed by atoms with Crippen molar-refractivity contribution < 1.29 is 0 Å². The molecule has 21 heavy (non-hydrogen) atoms. The summed E-state index contributed by atoms with van der Waals surface area (Å²) in [6.07, 6.45) is 0. The van der Waals surface area contributed by atoms with E-state index in [0.29, 0.717) is 0 Å². The van der Waals surface area contributed by atoms with Crippen LogP contribution < -0.4 is 10.2 Å². The molecule has 0 amide bonds. The van der Waals surface area contributed by atoms with Crippen molar-refractivity contribution in [2.24, 2.45) is 0 Å². The fraction of sp³-hybridized carbons (Fsp3) is 0.368. The molecule has 0 saturated heterocycles. The van der Waals surface area contributed by atoms with E-state index in [0.717, 1.165) is 6.54 Å². The van der Waals surface area contributed by atoms with E-state index in [4.69, 9.17) is 0 Å². The first-order valence-electron chi connectivity index (χ1n) is 7.49. The fourth-order valence-corrected chi connectivity index (χ4v) is 2.19. The van der Waals surface area contributed by atoms with E-state index in [-0.39, 0.29) is 5.54 Å². The van der Waals surface area contributed by atoms with Crippen LogP contribution in [0.2, 0.25) is 0 Å². The molecule has 0 aromatic heterocycles. The van der Waals surface area contributed by atoms with Gasteiger partial charge in [-0.05, 0) is 63.1 Å². The van der Waals surface area contributed by atoms with Crippen LogP contribution in [-0.4, -0.2) is 12.6 Å². The highest BCUT2D eigenvalue weighted by Gasteiger charge is 2.09. The summed E-state index contributed by atoms with van der Waals surface area (Å²) in [6.45, 7) is 9.59. The van der Waals surface area contributed by atoms with Crippen LogP contribution in [0.25, 0.3) is 0 Å². The van der Waals surface area contributed by atoms with Crippen molar-refractivity contribution in [3.63, 3.8) is 0 Å². The standard InChI is InChI=1S/C19H26N2/c1-15-7-6-8-18(13-15)21(5)17-11-9-16(10-12-17)14-20-19(2,3)4/h6-13,20H,14H2,1-5H3. The van der Waals surface area contributed by atoms with E-state index >= 15 is 0 Å². The Balaban J connectivity index is 2.08. The van der Waals surface area contributed by atoms with Gasteiger partial charge in [-0.1, -0.05) is 24.3 Å². The lowest BCUT2D eigenvalue weighted by Crippen LogP contribution is -2.35. The summed E-state index contributed by atoms with van der Waals surface area (Å²) in [5, 5.41) is 3.51. The van der Waals surface area contributed by atoms with Crippen LogP contribution in [-0.2, 0) is 6.54 Å². The molecule has 2 rings (SSSR count). The molecule has 0 saturated carbocycles. The molecule has 0 radical (unpaired) electrons. The Bertz CT molecular complexity index is 579. The van der Waals surface area contributed by atoms with Crippen LogP contribution in [0, 0.1) is 6.92 Å². The number of nitrogens with zero attached hydrogens (tertiary/aromatic N) is 1. The first-order chi connectivity index (χ1) is 9.85. The van der Waals surface area contributed by atoms with Crippen molar-refractivity contribution in [2.45, 2.75) is 39.8 Å². The van der Waals surface area contributed by atoms with Crippen LogP contribution in [0.5, 0.6) is 0 Å². The molecule has 2 nitrogen and oxygen atoms in total. The average Bonchev–Trinajstić information content (AvgIpc) is 2.44. The highest BCUT2D eigenvalue weighted by Crippen LogP contribution is 2.24. The zero-order valence-corrected chi connectivity index (χ0v) is 13.8. The first-order valence-corrected chi connectivity index (χ1v) is 7.49. The molecule has 2 aromatic carbocycles. The number of anilines is 2. The van der Waals surface area contributed by atoms with E-state index < -0.39 is 0 Å². The smallest absolute Gasteiger partial charge is 0.0410 e. The molecule has 0 fully saturated rings. The highest BCUT2D eigenvalue weighted by atomic mass is 15.1. The maximum atomic E-state index is 3.51. The predicted molar refractivity (Wildman–Crippen MR) is 92.3 cm³/mol. The normalized spacial score (nSPS) is 11.5. The van der Waals surface area contributed by atoms with Gasteiger partial charge < -0.3 is 10.2 Å². The molecule has 0 aliphatic rings. The van der Waals surface area contributed by atoms with Crippen LogP contribution in [0.3, 0.4) is 0 Å². The van der Waals surface area contributed by atoms with Crippen molar-refractivity contribution in [2.75, 3.05) is 11.9 Å². The lowest BCUT2D eigenvalue weighted by Gasteiger charge is -2.22. The molecule has 112 valence electrons. The van der Waals surface area contributed by atoms with Crippen LogP contribution >= 0.6 is 0 Å². The Hall–Kier alpha value is -1.80. The molecule has 0 bridgehead atoms. The highest BCUT2D eigenvalue weighted by molar-refractivity contribution is 5.63. The summed E-state index contributed by atoms with van der Waals surface area (Å²) in [7, 11) is 2.11. The van der Waals surface area contributed by atoms with E-state index in [1.807, 2.05) is 0 Å². The van der Waals surface area contributed by atoms with Gasteiger partial charge >= 0.3 is 0 Å². The van der Waals surface area contributed by atoms with E-state index in [9.17, 15) is 0 Å². The number of aryl methyl sites for hydroxylation is 1. The number of hydrogen-bond donors (Lipinski definition) is 1. The zero-order chi connectivity index (χ0) is 15.5. The van der Waals surface area contributed by atoms with Gasteiger partial charge in [-0.2, -0.15) is 0 Å². The second-order valence-corrected chi connectivity index (χ2v) is 6.67. The summed E-state index contributed by atoms with van der Waals surface area (Å²) in [4.78, 5) is 2.22. The van der Waals surface area contributed by atoms with Crippen molar-refractivity contribution in [3.8, 4) is 0 Å². The molecule has 0 aliphatic carbocycles. The minimum Gasteiger partial charge on any atom is -0.345 e. The zero-order valence-electron chi connectivity index (χ0n) is 13.8. The van der Waals surface area contributed by atoms with E-state index in [1.54, 1.807) is 0 Å². The Morgan fingerprint density at radius 2 is 1.62 bits per heavy atom. The quantitative estimate of drug-likeness (QED) is 0.878. The van der Waals surface area contributed by atoms with Gasteiger partial charge in [0.05, 0.1) is 0 Å². The fourth-order valence-electron chi connectivity index (χ4n) is 2.19.